The van der Waals surface area contributed by atoms with E-state index in [1.54, 1.807) is 11.3 Å². The van der Waals surface area contributed by atoms with Crippen LogP contribution in [0.25, 0.3) is 11.0 Å². The minimum Gasteiger partial charge on any atom is -0.311 e. The Morgan fingerprint density at radius 3 is 2.70 bits per heavy atom. The number of likely N-dealkylation sites (N-methyl/N-ethyl adjacent to an activating group) is 1. The Morgan fingerprint density at radius 1 is 1.20 bits per heavy atom. The second kappa shape index (κ2) is 5.64. The zero-order valence-electron chi connectivity index (χ0n) is 11.5. The summed E-state index contributed by atoms with van der Waals surface area (Å²) in [6.45, 7) is 2.03. The molecule has 0 saturated heterocycles. The molecule has 0 spiro atoms. The first-order chi connectivity index (χ1) is 9.76. The van der Waals surface area contributed by atoms with Gasteiger partial charge in [0.05, 0.1) is 39.7 Å². The fourth-order valence-electron chi connectivity index (χ4n) is 2.21. The Morgan fingerprint density at radius 2 is 2.00 bits per heavy atom. The molecule has 1 N–H and O–H groups in total. The van der Waals surface area contributed by atoms with Crippen molar-refractivity contribution in [1.29, 1.82) is 0 Å². The van der Waals surface area contributed by atoms with E-state index in [-0.39, 0.29) is 6.04 Å². The zero-order valence-corrected chi connectivity index (χ0v) is 12.3. The molecule has 0 aliphatic heterocycles. The molecular formula is C15H16N4S. The highest BCUT2D eigenvalue weighted by molar-refractivity contribution is 7.09. The van der Waals surface area contributed by atoms with Gasteiger partial charge >= 0.3 is 0 Å². The molecule has 0 amide bonds. The van der Waals surface area contributed by atoms with Crippen molar-refractivity contribution in [3.8, 4) is 0 Å². The predicted molar refractivity (Wildman–Crippen MR) is 81.9 cm³/mol. The van der Waals surface area contributed by atoms with E-state index in [0.717, 1.165) is 33.8 Å². The highest BCUT2D eigenvalue weighted by Gasteiger charge is 2.14. The molecule has 0 fully saturated rings. The highest BCUT2D eigenvalue weighted by atomic mass is 32.1. The quantitative estimate of drug-likeness (QED) is 0.800. The fraction of sp³-hybridized carbons (Fsp3) is 0.267. The van der Waals surface area contributed by atoms with E-state index >= 15 is 0 Å². The minimum absolute atomic E-state index is 0.133. The fourth-order valence-corrected chi connectivity index (χ4v) is 2.83. The summed E-state index contributed by atoms with van der Waals surface area (Å²) in [5, 5.41) is 6.50. The number of nitrogens with zero attached hydrogens (tertiary/aromatic N) is 3. The largest absolute Gasteiger partial charge is 0.311 e. The van der Waals surface area contributed by atoms with Crippen LogP contribution in [0.5, 0.6) is 0 Å². The van der Waals surface area contributed by atoms with Gasteiger partial charge in [-0.25, -0.2) is 9.97 Å². The van der Waals surface area contributed by atoms with E-state index in [1.807, 2.05) is 44.4 Å². The van der Waals surface area contributed by atoms with Crippen LogP contribution >= 0.6 is 11.3 Å². The molecule has 3 aromatic rings. The average Bonchev–Trinajstić information content (AvgIpc) is 2.89. The summed E-state index contributed by atoms with van der Waals surface area (Å²) in [5.74, 6) is 0. The van der Waals surface area contributed by atoms with Crippen LogP contribution in [0.4, 0.5) is 0 Å². The lowest BCUT2D eigenvalue weighted by Crippen LogP contribution is -2.20. The third-order valence-corrected chi connectivity index (χ3v) is 4.07. The molecule has 2 heterocycles. The van der Waals surface area contributed by atoms with Crippen molar-refractivity contribution in [2.45, 2.75) is 19.4 Å². The molecule has 0 aliphatic carbocycles. The lowest BCUT2D eigenvalue weighted by Gasteiger charge is -2.14. The molecule has 4 nitrogen and oxygen atoms in total. The van der Waals surface area contributed by atoms with Gasteiger partial charge in [-0.1, -0.05) is 12.1 Å². The SMILES string of the molecule is CNC(Cc1csc(C)n1)c1cnc2ccccc2n1. The number of fused-ring (bicyclic) bond motifs is 1. The molecule has 0 bridgehead atoms. The Kier molecular flexibility index (Phi) is 3.71. The zero-order chi connectivity index (χ0) is 13.9. The first-order valence-corrected chi connectivity index (χ1v) is 7.44. The number of benzene rings is 1. The van der Waals surface area contributed by atoms with Crippen LogP contribution in [0, 0.1) is 6.92 Å². The molecule has 0 radical (unpaired) electrons. The van der Waals surface area contributed by atoms with Gasteiger partial charge in [-0.15, -0.1) is 11.3 Å². The van der Waals surface area contributed by atoms with E-state index in [4.69, 9.17) is 4.98 Å². The number of nitrogens with one attached hydrogen (secondary N) is 1. The maximum Gasteiger partial charge on any atom is 0.0897 e. The van der Waals surface area contributed by atoms with Crippen molar-refractivity contribution in [3.63, 3.8) is 0 Å². The molecule has 102 valence electrons. The van der Waals surface area contributed by atoms with Gasteiger partial charge < -0.3 is 5.32 Å². The molecule has 0 aliphatic rings. The third-order valence-electron chi connectivity index (χ3n) is 3.25. The van der Waals surface area contributed by atoms with Crippen LogP contribution in [0.2, 0.25) is 0 Å². The number of para-hydroxylation sites is 2. The van der Waals surface area contributed by atoms with E-state index in [2.05, 4.69) is 20.7 Å². The molecule has 2 aromatic heterocycles. The number of rotatable bonds is 4. The van der Waals surface area contributed by atoms with Crippen molar-refractivity contribution >= 4 is 22.4 Å². The van der Waals surface area contributed by atoms with Crippen LogP contribution < -0.4 is 5.32 Å². The second-order valence-electron chi connectivity index (χ2n) is 4.69. The van der Waals surface area contributed by atoms with Gasteiger partial charge in [0.15, 0.2) is 0 Å². The van der Waals surface area contributed by atoms with Gasteiger partial charge in [0, 0.05) is 11.8 Å². The van der Waals surface area contributed by atoms with Crippen LogP contribution in [-0.2, 0) is 6.42 Å². The maximum absolute atomic E-state index is 4.70. The average molecular weight is 284 g/mol. The molecular weight excluding hydrogens is 268 g/mol. The van der Waals surface area contributed by atoms with Gasteiger partial charge in [-0.05, 0) is 26.1 Å². The number of aryl methyl sites for hydroxylation is 1. The maximum atomic E-state index is 4.70. The molecule has 1 unspecified atom stereocenters. The Labute approximate surface area is 121 Å². The normalized spacial score (nSPS) is 12.7. The van der Waals surface area contributed by atoms with Crippen LogP contribution in [-0.4, -0.2) is 22.0 Å². The summed E-state index contributed by atoms with van der Waals surface area (Å²) in [6, 6.07) is 8.06. The smallest absolute Gasteiger partial charge is 0.0897 e. The van der Waals surface area contributed by atoms with Gasteiger partial charge in [0.25, 0.3) is 0 Å². The van der Waals surface area contributed by atoms with Gasteiger partial charge in [-0.2, -0.15) is 0 Å². The van der Waals surface area contributed by atoms with Crippen LogP contribution in [0.3, 0.4) is 0 Å². The molecule has 1 aromatic carbocycles. The predicted octanol–water partition coefficient (Wildman–Crippen LogP) is 2.90. The summed E-state index contributed by atoms with van der Waals surface area (Å²) in [6.07, 6.45) is 2.68. The number of hydrogen-bond acceptors (Lipinski definition) is 5. The first-order valence-electron chi connectivity index (χ1n) is 6.56. The van der Waals surface area contributed by atoms with Crippen LogP contribution in [0.15, 0.2) is 35.8 Å². The highest BCUT2D eigenvalue weighted by Crippen LogP contribution is 2.19. The first kappa shape index (κ1) is 13.1. The Bertz CT molecular complexity index is 722. The van der Waals surface area contributed by atoms with E-state index in [0.29, 0.717) is 0 Å². The van der Waals surface area contributed by atoms with Crippen LogP contribution in [0.1, 0.15) is 22.4 Å². The third kappa shape index (κ3) is 2.69. The summed E-state index contributed by atoms with van der Waals surface area (Å²) in [4.78, 5) is 13.7. The molecule has 3 rings (SSSR count). The number of aromatic nitrogens is 3. The van der Waals surface area contributed by atoms with E-state index < -0.39 is 0 Å². The van der Waals surface area contributed by atoms with Gasteiger partial charge in [0.2, 0.25) is 0 Å². The summed E-state index contributed by atoms with van der Waals surface area (Å²) in [5.41, 5.74) is 3.91. The molecule has 5 heteroatoms. The minimum atomic E-state index is 0.133. The van der Waals surface area contributed by atoms with Crippen molar-refractivity contribution in [2.24, 2.45) is 0 Å². The van der Waals surface area contributed by atoms with E-state index in [9.17, 15) is 0 Å². The molecule has 1 atom stereocenters. The molecule has 0 saturated carbocycles. The van der Waals surface area contributed by atoms with Crippen molar-refractivity contribution in [2.75, 3.05) is 7.05 Å². The van der Waals surface area contributed by atoms with Crippen molar-refractivity contribution in [1.82, 2.24) is 20.3 Å². The summed E-state index contributed by atoms with van der Waals surface area (Å²) < 4.78 is 0. The Hall–Kier alpha value is -1.85. The topological polar surface area (TPSA) is 50.7 Å². The lowest BCUT2D eigenvalue weighted by atomic mass is 10.1. The van der Waals surface area contributed by atoms with Crippen molar-refractivity contribution in [3.05, 3.63) is 52.2 Å². The number of hydrogen-bond donors (Lipinski definition) is 1. The Balaban J connectivity index is 1.90. The lowest BCUT2D eigenvalue weighted by molar-refractivity contribution is 0.570. The molecule has 20 heavy (non-hydrogen) atoms. The van der Waals surface area contributed by atoms with E-state index in [1.165, 1.54) is 0 Å². The van der Waals surface area contributed by atoms with Gasteiger partial charge in [0.1, 0.15) is 0 Å². The summed E-state index contributed by atoms with van der Waals surface area (Å²) >= 11 is 1.68. The van der Waals surface area contributed by atoms with Gasteiger partial charge in [-0.3, -0.25) is 4.98 Å². The number of thiazole rings is 1. The second-order valence-corrected chi connectivity index (χ2v) is 5.75. The van der Waals surface area contributed by atoms with Crippen molar-refractivity contribution < 1.29 is 0 Å². The standard InChI is InChI=1S/C15H16N4S/c1-10-18-11(9-20-10)7-14(16-2)15-8-17-12-5-3-4-6-13(12)19-15/h3-6,8-9,14,16H,7H2,1-2H3. The summed E-state index contributed by atoms with van der Waals surface area (Å²) in [7, 11) is 1.95. The monoisotopic (exact) mass is 284 g/mol.